The second-order valence-corrected chi connectivity index (χ2v) is 9.75. The zero-order chi connectivity index (χ0) is 26.6. The van der Waals surface area contributed by atoms with E-state index in [9.17, 15) is 9.59 Å². The van der Waals surface area contributed by atoms with Gasteiger partial charge >= 0.3 is 6.09 Å². The van der Waals surface area contributed by atoms with Gasteiger partial charge in [0.1, 0.15) is 23.4 Å². The molecule has 4 rings (SSSR count). The van der Waals surface area contributed by atoms with Gasteiger partial charge in [0.15, 0.2) is 0 Å². The molecule has 0 saturated heterocycles. The van der Waals surface area contributed by atoms with E-state index < -0.39 is 23.6 Å². The van der Waals surface area contributed by atoms with Crippen molar-refractivity contribution in [2.24, 2.45) is 4.99 Å². The van der Waals surface area contributed by atoms with Crippen LogP contribution in [0.25, 0.3) is 11.3 Å². The Balaban J connectivity index is 1.55. The first kappa shape index (κ1) is 25.8. The minimum Gasteiger partial charge on any atom is -0.497 e. The molecule has 2 aromatic carbocycles. The number of benzene rings is 2. The smallest absolute Gasteiger partial charge is 0.407 e. The lowest BCUT2D eigenvalue weighted by Crippen LogP contribution is -2.40. The minimum absolute atomic E-state index is 0.106. The van der Waals surface area contributed by atoms with Gasteiger partial charge in [-0.2, -0.15) is 0 Å². The van der Waals surface area contributed by atoms with Gasteiger partial charge in [0.25, 0.3) is 5.91 Å². The van der Waals surface area contributed by atoms with Crippen molar-refractivity contribution in [1.29, 1.82) is 0 Å². The van der Waals surface area contributed by atoms with Crippen LogP contribution in [0.4, 0.5) is 4.79 Å². The molecule has 0 fully saturated rings. The second-order valence-electron chi connectivity index (χ2n) is 9.75. The first-order valence-corrected chi connectivity index (χ1v) is 12.0. The number of nitrogens with zero attached hydrogens (tertiary/aromatic N) is 3. The monoisotopic (exact) mass is 501 g/mol. The molecular formula is C28H31N5O4. The summed E-state index contributed by atoms with van der Waals surface area (Å²) < 4.78 is 10.7. The van der Waals surface area contributed by atoms with Crippen LogP contribution in [0, 0.1) is 0 Å². The van der Waals surface area contributed by atoms with Gasteiger partial charge in [0, 0.05) is 23.4 Å². The number of ether oxygens (including phenoxy) is 2. The maximum Gasteiger partial charge on any atom is 0.407 e. The topological polar surface area (TPSA) is 115 Å². The van der Waals surface area contributed by atoms with Crippen LogP contribution in [0.1, 0.15) is 60.9 Å². The molecular weight excluding hydrogens is 470 g/mol. The fraction of sp³-hybridized carbons (Fsp3) is 0.321. The van der Waals surface area contributed by atoms with Gasteiger partial charge in [-0.25, -0.2) is 14.8 Å². The van der Waals surface area contributed by atoms with Crippen LogP contribution >= 0.6 is 0 Å². The van der Waals surface area contributed by atoms with E-state index in [1.54, 1.807) is 33.9 Å². The summed E-state index contributed by atoms with van der Waals surface area (Å²) in [6.45, 7) is 8.14. The molecule has 1 aliphatic rings. The minimum atomic E-state index is -0.641. The van der Waals surface area contributed by atoms with E-state index in [0.29, 0.717) is 18.0 Å². The summed E-state index contributed by atoms with van der Waals surface area (Å²) in [7, 11) is 1.57. The van der Waals surface area contributed by atoms with Crippen molar-refractivity contribution < 1.29 is 19.1 Å². The molecule has 0 aliphatic carbocycles. The highest BCUT2D eigenvalue weighted by atomic mass is 16.6. The molecule has 2 heterocycles. The molecule has 1 unspecified atom stereocenters. The van der Waals surface area contributed by atoms with E-state index in [4.69, 9.17) is 9.47 Å². The van der Waals surface area contributed by atoms with E-state index >= 15 is 0 Å². The van der Waals surface area contributed by atoms with Crippen molar-refractivity contribution in [2.75, 3.05) is 13.7 Å². The van der Waals surface area contributed by atoms with Crippen molar-refractivity contribution >= 4 is 17.7 Å². The van der Waals surface area contributed by atoms with Gasteiger partial charge in [-0.15, -0.1) is 0 Å². The van der Waals surface area contributed by atoms with Crippen LogP contribution in [0.2, 0.25) is 0 Å². The van der Waals surface area contributed by atoms with Gasteiger partial charge in [-0.3, -0.25) is 9.79 Å². The Labute approximate surface area is 216 Å². The Morgan fingerprint density at radius 1 is 1.08 bits per heavy atom. The summed E-state index contributed by atoms with van der Waals surface area (Å²) in [5, 5.41) is 5.71. The number of amides is 2. The van der Waals surface area contributed by atoms with Crippen molar-refractivity contribution in [1.82, 2.24) is 20.6 Å². The number of hydrogen-bond acceptors (Lipinski definition) is 7. The molecule has 2 amide bonds. The zero-order valence-electron chi connectivity index (χ0n) is 21.7. The number of aromatic nitrogens is 2. The molecule has 1 aliphatic heterocycles. The Hall–Kier alpha value is -4.27. The van der Waals surface area contributed by atoms with Crippen molar-refractivity contribution in [3.63, 3.8) is 0 Å². The number of fused-ring (bicyclic) bond motifs is 1. The van der Waals surface area contributed by atoms with E-state index in [2.05, 4.69) is 25.6 Å². The Morgan fingerprint density at radius 3 is 2.65 bits per heavy atom. The Kier molecular flexibility index (Phi) is 7.52. The molecule has 1 atom stereocenters. The standard InChI is InChI=1S/C28H31N5O4/c1-17-22-12-19(9-10-20(22)14-29-17)23-13-24(32-16-31-23)26(34)33-25(15-30-27(35)37-28(2,3)4)18-7-6-8-21(11-18)36-5/h6-13,16,25H,14-15H2,1-5H3,(H,30,35)(H,33,34). The van der Waals surface area contributed by atoms with Gasteiger partial charge in [-0.1, -0.05) is 24.3 Å². The third-order valence-corrected chi connectivity index (χ3v) is 5.83. The number of nitrogens with one attached hydrogen (secondary N) is 2. The number of rotatable bonds is 7. The van der Waals surface area contributed by atoms with Crippen molar-refractivity contribution in [3.8, 4) is 17.0 Å². The number of carbonyl (C=O) groups is 2. The lowest BCUT2D eigenvalue weighted by atomic mass is 10.0. The molecule has 192 valence electrons. The number of hydrogen-bond donors (Lipinski definition) is 2. The lowest BCUT2D eigenvalue weighted by Gasteiger charge is -2.23. The van der Waals surface area contributed by atoms with E-state index in [-0.39, 0.29) is 12.2 Å². The lowest BCUT2D eigenvalue weighted by molar-refractivity contribution is 0.0519. The predicted molar refractivity (Wildman–Crippen MR) is 141 cm³/mol. The third-order valence-electron chi connectivity index (χ3n) is 5.83. The summed E-state index contributed by atoms with van der Waals surface area (Å²) in [5.41, 5.74) is 5.09. The summed E-state index contributed by atoms with van der Waals surface area (Å²) in [6, 6.07) is 14.4. The second kappa shape index (κ2) is 10.8. The molecule has 0 spiro atoms. The number of carbonyl (C=O) groups excluding carboxylic acids is 2. The largest absolute Gasteiger partial charge is 0.497 e. The van der Waals surface area contributed by atoms with Gasteiger partial charge < -0.3 is 20.1 Å². The van der Waals surface area contributed by atoms with Gasteiger partial charge in [0.05, 0.1) is 25.4 Å². The van der Waals surface area contributed by atoms with Gasteiger partial charge in [0.2, 0.25) is 0 Å². The summed E-state index contributed by atoms with van der Waals surface area (Å²) in [5.74, 6) is 0.232. The third kappa shape index (κ3) is 6.49. The summed E-state index contributed by atoms with van der Waals surface area (Å²) in [6.07, 6.45) is 0.798. The molecule has 2 N–H and O–H groups in total. The van der Waals surface area contributed by atoms with Crippen LogP contribution in [-0.2, 0) is 11.3 Å². The highest BCUT2D eigenvalue weighted by Crippen LogP contribution is 2.26. The van der Waals surface area contributed by atoms with Crippen LogP contribution in [0.15, 0.2) is 59.9 Å². The average molecular weight is 502 g/mol. The van der Waals surface area contributed by atoms with Crippen LogP contribution in [0.3, 0.4) is 0 Å². The normalized spacial score (nSPS) is 13.3. The number of aliphatic imine (C=N–C) groups is 1. The fourth-order valence-corrected chi connectivity index (χ4v) is 3.98. The molecule has 1 aromatic heterocycles. The maximum atomic E-state index is 13.3. The molecule has 0 saturated carbocycles. The highest BCUT2D eigenvalue weighted by molar-refractivity contribution is 6.03. The van der Waals surface area contributed by atoms with E-state index in [1.165, 1.54) is 11.9 Å². The van der Waals surface area contributed by atoms with E-state index in [1.807, 2.05) is 49.4 Å². The first-order chi connectivity index (χ1) is 17.6. The Bertz CT molecular complexity index is 1350. The average Bonchev–Trinajstić information content (AvgIpc) is 3.25. The molecule has 9 heteroatoms. The molecule has 9 nitrogen and oxygen atoms in total. The quantitative estimate of drug-likeness (QED) is 0.494. The molecule has 0 bridgehead atoms. The Morgan fingerprint density at radius 2 is 1.89 bits per heavy atom. The first-order valence-electron chi connectivity index (χ1n) is 12.0. The highest BCUT2D eigenvalue weighted by Gasteiger charge is 2.22. The van der Waals surface area contributed by atoms with Crippen LogP contribution < -0.4 is 15.4 Å². The van der Waals surface area contributed by atoms with Crippen molar-refractivity contribution in [3.05, 3.63) is 77.2 Å². The van der Waals surface area contributed by atoms with Crippen LogP contribution in [-0.4, -0.2) is 46.9 Å². The summed E-state index contributed by atoms with van der Waals surface area (Å²) >= 11 is 0. The van der Waals surface area contributed by atoms with E-state index in [0.717, 1.165) is 22.4 Å². The molecule has 3 aromatic rings. The zero-order valence-corrected chi connectivity index (χ0v) is 21.7. The fourth-order valence-electron chi connectivity index (χ4n) is 3.98. The molecule has 37 heavy (non-hydrogen) atoms. The van der Waals surface area contributed by atoms with Gasteiger partial charge in [-0.05, 0) is 63.1 Å². The number of methoxy groups -OCH3 is 1. The maximum absolute atomic E-state index is 13.3. The van der Waals surface area contributed by atoms with Crippen molar-refractivity contribution in [2.45, 2.75) is 45.9 Å². The predicted octanol–water partition coefficient (Wildman–Crippen LogP) is 4.47. The summed E-state index contributed by atoms with van der Waals surface area (Å²) in [4.78, 5) is 38.6. The molecule has 0 radical (unpaired) electrons. The van der Waals surface area contributed by atoms with Crippen LogP contribution in [0.5, 0.6) is 5.75 Å². The number of alkyl carbamates (subject to hydrolysis) is 1. The SMILES string of the molecule is COc1cccc(C(CNC(=O)OC(C)(C)C)NC(=O)c2cc(-c3ccc4c(c3)C(C)=NC4)ncn2)c1.